The quantitative estimate of drug-likeness (QED) is 0.795. The van der Waals surface area contributed by atoms with Crippen LogP contribution in [-0.4, -0.2) is 4.98 Å². The van der Waals surface area contributed by atoms with Crippen molar-refractivity contribution in [2.24, 2.45) is 0 Å². The van der Waals surface area contributed by atoms with Crippen LogP contribution in [0.4, 0.5) is 13.2 Å². The molecule has 0 saturated carbocycles. The largest absolute Gasteiger partial charge is 0.416 e. The highest BCUT2D eigenvalue weighted by Gasteiger charge is 2.30. The third kappa shape index (κ3) is 2.77. The van der Waals surface area contributed by atoms with Gasteiger partial charge in [0, 0.05) is 16.6 Å². The lowest BCUT2D eigenvalue weighted by Crippen LogP contribution is -2.04. The number of rotatable bonds is 4. The van der Waals surface area contributed by atoms with Crippen molar-refractivity contribution in [2.75, 3.05) is 0 Å². The Bertz CT molecular complexity index is 567. The summed E-state index contributed by atoms with van der Waals surface area (Å²) in [7, 11) is 0. The summed E-state index contributed by atoms with van der Waals surface area (Å²) >= 11 is 0. The predicted molar refractivity (Wildman–Crippen MR) is 71.3 cm³/mol. The van der Waals surface area contributed by atoms with Gasteiger partial charge in [-0.1, -0.05) is 32.8 Å². The van der Waals surface area contributed by atoms with Gasteiger partial charge in [-0.15, -0.1) is 0 Å². The first-order valence-corrected chi connectivity index (χ1v) is 6.68. The molecular formula is C15H18F3N. The van der Waals surface area contributed by atoms with E-state index in [2.05, 4.69) is 18.8 Å². The van der Waals surface area contributed by atoms with E-state index in [0.717, 1.165) is 36.8 Å². The van der Waals surface area contributed by atoms with Crippen LogP contribution in [0.3, 0.4) is 0 Å². The maximum atomic E-state index is 12.7. The Labute approximate surface area is 110 Å². The Morgan fingerprint density at radius 2 is 1.74 bits per heavy atom. The summed E-state index contributed by atoms with van der Waals surface area (Å²) in [6.45, 7) is 4.15. The fourth-order valence-electron chi connectivity index (χ4n) is 2.49. The van der Waals surface area contributed by atoms with Gasteiger partial charge in [0.1, 0.15) is 0 Å². The fraction of sp³-hybridized carbons (Fsp3) is 0.467. The number of nitrogens with one attached hydrogen (secondary N) is 1. The van der Waals surface area contributed by atoms with Gasteiger partial charge in [-0.05, 0) is 30.5 Å². The van der Waals surface area contributed by atoms with Crippen LogP contribution in [0.15, 0.2) is 18.2 Å². The lowest BCUT2D eigenvalue weighted by molar-refractivity contribution is -0.137. The number of fused-ring (bicyclic) bond motifs is 1. The highest BCUT2D eigenvalue weighted by Crippen LogP contribution is 2.33. The third-order valence-electron chi connectivity index (χ3n) is 3.32. The molecule has 2 aromatic rings. The maximum Gasteiger partial charge on any atom is 0.416 e. The summed E-state index contributed by atoms with van der Waals surface area (Å²) in [6, 6.07) is 3.98. The van der Waals surface area contributed by atoms with E-state index in [1.54, 1.807) is 6.07 Å². The molecule has 4 heteroatoms. The van der Waals surface area contributed by atoms with Gasteiger partial charge >= 0.3 is 6.18 Å². The Morgan fingerprint density at radius 3 is 2.32 bits per heavy atom. The van der Waals surface area contributed by atoms with Gasteiger partial charge in [-0.2, -0.15) is 13.2 Å². The van der Waals surface area contributed by atoms with E-state index in [1.165, 1.54) is 17.7 Å². The van der Waals surface area contributed by atoms with Gasteiger partial charge in [0.05, 0.1) is 5.56 Å². The molecule has 1 heterocycles. The lowest BCUT2D eigenvalue weighted by Gasteiger charge is -2.06. The zero-order chi connectivity index (χ0) is 14.0. The minimum absolute atomic E-state index is 0.590. The van der Waals surface area contributed by atoms with E-state index in [4.69, 9.17) is 0 Å². The monoisotopic (exact) mass is 269 g/mol. The van der Waals surface area contributed by atoms with Crippen LogP contribution in [0.5, 0.6) is 0 Å². The highest BCUT2D eigenvalue weighted by atomic mass is 19.4. The molecule has 0 radical (unpaired) electrons. The molecule has 1 nitrogen and oxygen atoms in total. The summed E-state index contributed by atoms with van der Waals surface area (Å²) in [6.07, 6.45) is -0.526. The molecule has 0 atom stereocenters. The van der Waals surface area contributed by atoms with E-state index >= 15 is 0 Å². The van der Waals surface area contributed by atoms with Crippen LogP contribution in [0, 0.1) is 0 Å². The minimum Gasteiger partial charge on any atom is -0.358 e. The molecule has 1 N–H and O–H groups in total. The van der Waals surface area contributed by atoms with Crippen molar-refractivity contribution in [2.45, 2.75) is 45.7 Å². The molecule has 0 saturated heterocycles. The predicted octanol–water partition coefficient (Wildman–Crippen LogP) is 5.09. The normalized spacial score (nSPS) is 12.3. The molecule has 19 heavy (non-hydrogen) atoms. The summed E-state index contributed by atoms with van der Waals surface area (Å²) in [5, 5.41) is 0.929. The van der Waals surface area contributed by atoms with Crippen LogP contribution in [0.2, 0.25) is 0 Å². The molecule has 1 aromatic heterocycles. The van der Waals surface area contributed by atoms with Gasteiger partial charge in [0.25, 0.3) is 0 Å². The van der Waals surface area contributed by atoms with E-state index in [-0.39, 0.29) is 0 Å². The molecule has 0 spiro atoms. The van der Waals surface area contributed by atoms with Crippen molar-refractivity contribution in [1.82, 2.24) is 4.98 Å². The Kier molecular flexibility index (Phi) is 3.88. The first-order valence-electron chi connectivity index (χ1n) is 6.68. The first-order chi connectivity index (χ1) is 8.97. The number of aromatic amines is 1. The number of H-pyrrole nitrogens is 1. The number of alkyl halides is 3. The van der Waals surface area contributed by atoms with Crippen LogP contribution >= 0.6 is 0 Å². The van der Waals surface area contributed by atoms with E-state index in [1.807, 2.05) is 0 Å². The number of aromatic nitrogens is 1. The Morgan fingerprint density at radius 1 is 1.05 bits per heavy atom. The molecular weight excluding hydrogens is 251 g/mol. The number of hydrogen-bond acceptors (Lipinski definition) is 0. The smallest absolute Gasteiger partial charge is 0.358 e. The van der Waals surface area contributed by atoms with Gasteiger partial charge in [-0.3, -0.25) is 0 Å². The molecule has 0 unspecified atom stereocenters. The molecule has 2 rings (SSSR count). The minimum atomic E-state index is -4.28. The molecule has 0 aliphatic carbocycles. The van der Waals surface area contributed by atoms with Crippen molar-refractivity contribution in [1.29, 1.82) is 0 Å². The maximum absolute atomic E-state index is 12.7. The highest BCUT2D eigenvalue weighted by molar-refractivity contribution is 5.85. The molecule has 1 aromatic carbocycles. The van der Waals surface area contributed by atoms with Crippen molar-refractivity contribution in [3.63, 3.8) is 0 Å². The standard InChI is InChI=1S/C15H18F3N/c1-3-5-11-12-8-7-10(15(16,17)18)9-14(12)19-13(11)6-4-2/h7-9,19H,3-6H2,1-2H3. The molecule has 0 bridgehead atoms. The topological polar surface area (TPSA) is 15.8 Å². The molecule has 0 fully saturated rings. The van der Waals surface area contributed by atoms with Crippen molar-refractivity contribution in [3.05, 3.63) is 35.0 Å². The zero-order valence-electron chi connectivity index (χ0n) is 11.2. The summed E-state index contributed by atoms with van der Waals surface area (Å²) in [5.41, 5.74) is 2.26. The first kappa shape index (κ1) is 14.0. The average Bonchev–Trinajstić information content (AvgIpc) is 2.67. The van der Waals surface area contributed by atoms with Crippen molar-refractivity contribution in [3.8, 4) is 0 Å². The summed E-state index contributed by atoms with van der Waals surface area (Å²) in [5.74, 6) is 0. The number of halogens is 3. The Balaban J connectivity index is 2.55. The van der Waals surface area contributed by atoms with Crippen LogP contribution in [0.25, 0.3) is 10.9 Å². The summed E-state index contributed by atoms with van der Waals surface area (Å²) < 4.78 is 38.1. The van der Waals surface area contributed by atoms with Gasteiger partial charge < -0.3 is 4.98 Å². The van der Waals surface area contributed by atoms with Gasteiger partial charge in [0.2, 0.25) is 0 Å². The van der Waals surface area contributed by atoms with Crippen LogP contribution in [0.1, 0.15) is 43.5 Å². The summed E-state index contributed by atoms with van der Waals surface area (Å²) in [4.78, 5) is 3.16. The Hall–Kier alpha value is -1.45. The third-order valence-corrected chi connectivity index (χ3v) is 3.32. The van der Waals surface area contributed by atoms with Crippen LogP contribution in [-0.2, 0) is 19.0 Å². The second kappa shape index (κ2) is 5.27. The average molecular weight is 269 g/mol. The lowest BCUT2D eigenvalue weighted by atomic mass is 10.0. The van der Waals surface area contributed by atoms with Gasteiger partial charge in [-0.25, -0.2) is 0 Å². The van der Waals surface area contributed by atoms with Gasteiger partial charge in [0.15, 0.2) is 0 Å². The van der Waals surface area contributed by atoms with E-state index in [0.29, 0.717) is 5.52 Å². The number of benzene rings is 1. The van der Waals surface area contributed by atoms with E-state index in [9.17, 15) is 13.2 Å². The second-order valence-corrected chi connectivity index (χ2v) is 4.84. The molecule has 0 aliphatic rings. The second-order valence-electron chi connectivity index (χ2n) is 4.84. The zero-order valence-corrected chi connectivity index (χ0v) is 11.2. The van der Waals surface area contributed by atoms with Crippen LogP contribution < -0.4 is 0 Å². The SMILES string of the molecule is CCCc1[nH]c2cc(C(F)(F)F)ccc2c1CCC. The molecule has 104 valence electrons. The number of aryl methyl sites for hydroxylation is 2. The molecule has 0 amide bonds. The van der Waals surface area contributed by atoms with Crippen molar-refractivity contribution < 1.29 is 13.2 Å². The molecule has 0 aliphatic heterocycles. The number of hydrogen-bond donors (Lipinski definition) is 1. The fourth-order valence-corrected chi connectivity index (χ4v) is 2.49. The van der Waals surface area contributed by atoms with Crippen molar-refractivity contribution >= 4 is 10.9 Å². The van der Waals surface area contributed by atoms with E-state index < -0.39 is 11.7 Å².